The van der Waals surface area contributed by atoms with Crippen molar-refractivity contribution in [3.8, 4) is 0 Å². The molecule has 5 aliphatic heterocycles. The normalized spacial score (nSPS) is 21.3. The van der Waals surface area contributed by atoms with E-state index in [-0.39, 0.29) is 57.9 Å². The van der Waals surface area contributed by atoms with E-state index in [0.717, 1.165) is 0 Å². The molecule has 0 saturated heterocycles. The van der Waals surface area contributed by atoms with Gasteiger partial charge in [0.1, 0.15) is 11.8 Å². The molecule has 6 aliphatic rings. The van der Waals surface area contributed by atoms with Gasteiger partial charge in [-0.2, -0.15) is 9.13 Å². The van der Waals surface area contributed by atoms with Crippen molar-refractivity contribution in [1.29, 1.82) is 0 Å². The second-order valence-electron chi connectivity index (χ2n) is 10.5. The molecule has 2 aromatic heterocycles. The summed E-state index contributed by atoms with van der Waals surface area (Å²) in [4.78, 5) is 0. The first-order valence-electron chi connectivity index (χ1n) is 12.9. The van der Waals surface area contributed by atoms with Crippen molar-refractivity contribution in [2.75, 3.05) is 0 Å². The Morgan fingerprint density at radius 2 is 0.842 bits per heavy atom. The highest BCUT2D eigenvalue weighted by Crippen LogP contribution is 2.56. The zero-order chi connectivity index (χ0) is 23.4. The summed E-state index contributed by atoms with van der Waals surface area (Å²) in [5, 5.41) is 5.45. The first-order chi connectivity index (χ1) is 17.9. The van der Waals surface area contributed by atoms with Crippen LogP contribution in [0.25, 0.3) is 21.5 Å². The summed E-state index contributed by atoms with van der Waals surface area (Å²) in [5.74, 6) is 0.443. The van der Waals surface area contributed by atoms with E-state index in [1.165, 1.54) is 55.2 Å². The number of aromatic nitrogens is 2. The molecule has 38 heavy (non-hydrogen) atoms. The molecular formula is C34H24Br2N2. The van der Waals surface area contributed by atoms with Gasteiger partial charge in [-0.05, 0) is 32.7 Å². The fraction of sp³-hybridized carbons (Fsp3) is 0.118. The van der Waals surface area contributed by atoms with E-state index in [9.17, 15) is 0 Å². The quantitative estimate of drug-likeness (QED) is 0.217. The zero-order valence-electron chi connectivity index (χ0n) is 20.5. The first kappa shape index (κ1) is 23.8. The van der Waals surface area contributed by atoms with Crippen molar-refractivity contribution in [3.05, 3.63) is 155 Å². The van der Waals surface area contributed by atoms with Gasteiger partial charge in [-0.15, -0.1) is 0 Å². The van der Waals surface area contributed by atoms with Crippen LogP contribution in [0.3, 0.4) is 0 Å². The topological polar surface area (TPSA) is 7.76 Å². The molecule has 0 radical (unpaired) electrons. The Bertz CT molecular complexity index is 1760. The van der Waals surface area contributed by atoms with Crippen LogP contribution in [-0.4, -0.2) is 0 Å². The minimum absolute atomic E-state index is 0. The monoisotopic (exact) mass is 618 g/mol. The second-order valence-corrected chi connectivity index (χ2v) is 10.5. The van der Waals surface area contributed by atoms with E-state index < -0.39 is 0 Å². The summed E-state index contributed by atoms with van der Waals surface area (Å²) in [7, 11) is 0. The van der Waals surface area contributed by atoms with Crippen LogP contribution < -0.4 is 43.1 Å². The highest BCUT2D eigenvalue weighted by atomic mass is 79.9. The van der Waals surface area contributed by atoms with Crippen LogP contribution in [0.5, 0.6) is 0 Å². The average molecular weight is 620 g/mol. The molecule has 12 rings (SSSR count). The number of pyridine rings is 2. The summed E-state index contributed by atoms with van der Waals surface area (Å²) in [6.07, 6.45) is 4.65. The molecule has 4 atom stereocenters. The number of fused-ring (bicyclic) bond motifs is 2. The maximum absolute atomic E-state index is 2.60. The summed E-state index contributed by atoms with van der Waals surface area (Å²) >= 11 is 0. The summed E-state index contributed by atoms with van der Waals surface area (Å²) in [5.41, 5.74) is 8.82. The lowest BCUT2D eigenvalue weighted by atomic mass is 9.64. The van der Waals surface area contributed by atoms with Crippen LogP contribution in [-0.2, 0) is 0 Å². The predicted octanol–water partition coefficient (Wildman–Crippen LogP) is 0.359. The molecule has 184 valence electrons. The molecule has 0 N–H and O–H groups in total. The van der Waals surface area contributed by atoms with Gasteiger partial charge in [-0.1, -0.05) is 84.9 Å². The largest absolute Gasteiger partial charge is 1.00 e. The zero-order valence-corrected chi connectivity index (χ0v) is 23.7. The van der Waals surface area contributed by atoms with E-state index in [1.807, 2.05) is 0 Å². The number of halogens is 2. The standard InChI is InChI=1S/C34H24N2.2BrH/c1-3-11-23-21(9-1)15-17-25-29(23)33-32-26-18-16-22-10-2-4-12-24(22)30(26)34(36-20-8-6-14-28(32)36)31(25)27-13-5-7-19-35(27)33;;/h1-20,31-34H;2*1H/q+2;;/p-2/t31-,32+,33-,34+;;. The molecular weight excluding hydrogens is 596 g/mol. The molecule has 4 aromatic carbocycles. The lowest BCUT2D eigenvalue weighted by Crippen LogP contribution is -3.00. The Morgan fingerprint density at radius 1 is 0.421 bits per heavy atom. The molecule has 2 nitrogen and oxygen atoms in total. The third-order valence-corrected chi connectivity index (χ3v) is 8.98. The number of benzene rings is 4. The molecule has 0 amide bonds. The van der Waals surface area contributed by atoms with Crippen LogP contribution in [0.15, 0.2) is 122 Å². The minimum Gasteiger partial charge on any atom is -1.00 e. The maximum atomic E-state index is 2.60. The average Bonchev–Trinajstić information content (AvgIpc) is 2.93. The Morgan fingerprint density at radius 3 is 1.32 bits per heavy atom. The van der Waals surface area contributed by atoms with E-state index >= 15 is 0 Å². The van der Waals surface area contributed by atoms with E-state index in [1.54, 1.807) is 0 Å². The van der Waals surface area contributed by atoms with Gasteiger partial charge >= 0.3 is 0 Å². The van der Waals surface area contributed by atoms with E-state index in [4.69, 9.17) is 0 Å². The first-order valence-corrected chi connectivity index (χ1v) is 12.9. The van der Waals surface area contributed by atoms with Gasteiger partial charge in [0.05, 0.1) is 0 Å². The number of rotatable bonds is 0. The molecule has 0 saturated carbocycles. The SMILES string of the molecule is [Br-].[Br-].c1cc[n+]2c(c1)[C@H]1c3ccc4ccccc4c3[C@@H]2[C@H]2c3ccc4ccccc4c3[C@@H]1[n+]1ccccc12. The van der Waals surface area contributed by atoms with Gasteiger partial charge in [0, 0.05) is 35.4 Å². The van der Waals surface area contributed by atoms with Gasteiger partial charge in [-0.25, -0.2) is 0 Å². The molecule has 6 aromatic rings. The Kier molecular flexibility index (Phi) is 5.37. The number of nitrogens with zero attached hydrogens (tertiary/aromatic N) is 2. The van der Waals surface area contributed by atoms with Gasteiger partial charge in [0.2, 0.25) is 12.1 Å². The molecule has 0 fully saturated rings. The van der Waals surface area contributed by atoms with Crippen LogP contribution >= 0.6 is 0 Å². The maximum Gasteiger partial charge on any atom is 0.201 e. The lowest BCUT2D eigenvalue weighted by Gasteiger charge is -2.42. The summed E-state index contributed by atoms with van der Waals surface area (Å²) in [6, 6.07) is 41.4. The van der Waals surface area contributed by atoms with E-state index in [0.29, 0.717) is 0 Å². The molecule has 0 unspecified atom stereocenters. The van der Waals surface area contributed by atoms with Crippen molar-refractivity contribution in [2.24, 2.45) is 0 Å². The third kappa shape index (κ3) is 2.88. The van der Waals surface area contributed by atoms with Crippen molar-refractivity contribution >= 4 is 21.5 Å². The smallest absolute Gasteiger partial charge is 0.201 e. The van der Waals surface area contributed by atoms with Crippen molar-refractivity contribution in [2.45, 2.75) is 23.9 Å². The summed E-state index contributed by atoms with van der Waals surface area (Å²) < 4.78 is 5.21. The molecule has 7 heterocycles. The van der Waals surface area contributed by atoms with Gasteiger partial charge in [0.25, 0.3) is 0 Å². The predicted molar refractivity (Wildman–Crippen MR) is 141 cm³/mol. The molecule has 0 spiro atoms. The van der Waals surface area contributed by atoms with Gasteiger partial charge in [0.15, 0.2) is 23.8 Å². The van der Waals surface area contributed by atoms with Crippen molar-refractivity contribution in [3.63, 3.8) is 0 Å². The molecule has 4 heteroatoms. The van der Waals surface area contributed by atoms with Crippen LogP contribution in [0.4, 0.5) is 0 Å². The summed E-state index contributed by atoms with van der Waals surface area (Å²) in [6.45, 7) is 0. The highest BCUT2D eigenvalue weighted by Gasteiger charge is 2.59. The minimum atomic E-state index is 0. The highest BCUT2D eigenvalue weighted by molar-refractivity contribution is 5.90. The van der Waals surface area contributed by atoms with Crippen LogP contribution in [0.1, 0.15) is 57.6 Å². The van der Waals surface area contributed by atoms with E-state index in [2.05, 4.69) is 131 Å². The van der Waals surface area contributed by atoms with Crippen molar-refractivity contribution in [1.82, 2.24) is 0 Å². The van der Waals surface area contributed by atoms with Crippen LogP contribution in [0, 0.1) is 0 Å². The van der Waals surface area contributed by atoms with Gasteiger partial charge in [-0.3, -0.25) is 0 Å². The fourth-order valence-corrected chi connectivity index (χ4v) is 7.72. The fourth-order valence-electron chi connectivity index (χ4n) is 7.72. The lowest BCUT2D eigenvalue weighted by molar-refractivity contribution is -0.769. The van der Waals surface area contributed by atoms with Gasteiger partial charge < -0.3 is 34.0 Å². The number of hydrogen-bond donors (Lipinski definition) is 0. The molecule has 1 aliphatic carbocycles. The third-order valence-electron chi connectivity index (χ3n) is 8.98. The Balaban J connectivity index is 0.00000121. The van der Waals surface area contributed by atoms with Crippen molar-refractivity contribution < 1.29 is 43.1 Å². The Hall–Kier alpha value is -3.34. The number of hydrogen-bond acceptors (Lipinski definition) is 0. The Labute approximate surface area is 242 Å². The molecule has 4 bridgehead atoms. The second kappa shape index (κ2) is 8.59. The van der Waals surface area contributed by atoms with Crippen LogP contribution in [0.2, 0.25) is 0 Å².